The van der Waals surface area contributed by atoms with E-state index < -0.39 is 30.1 Å². The van der Waals surface area contributed by atoms with E-state index in [4.69, 9.17) is 9.47 Å². The number of esters is 2. The number of hydrogen-bond acceptors (Lipinski definition) is 7. The van der Waals surface area contributed by atoms with Gasteiger partial charge in [-0.2, -0.15) is 0 Å². The molecule has 0 heterocycles. The van der Waals surface area contributed by atoms with Crippen LogP contribution < -0.4 is 5.32 Å². The van der Waals surface area contributed by atoms with Crippen LogP contribution in [0.3, 0.4) is 0 Å². The van der Waals surface area contributed by atoms with Crippen LogP contribution in [0.4, 0.5) is 4.79 Å². The molecule has 1 unspecified atom stereocenters. The first kappa shape index (κ1) is 25.4. The maximum atomic E-state index is 12.3. The minimum absolute atomic E-state index is 0.132. The third kappa shape index (κ3) is 8.32. The number of hydrogen-bond donors (Lipinski definition) is 1. The third-order valence-corrected chi connectivity index (χ3v) is 5.81. The maximum Gasteiger partial charge on any atom is 0.407 e. The number of aldehydes is 1. The summed E-state index contributed by atoms with van der Waals surface area (Å²) in [7, 11) is 1.37. The molecule has 1 fully saturated rings. The van der Waals surface area contributed by atoms with Crippen LogP contribution in [0.15, 0.2) is 30.3 Å². The Kier molecular flexibility index (Phi) is 10.7. The zero-order valence-corrected chi connectivity index (χ0v) is 18.8. The lowest BCUT2D eigenvalue weighted by Gasteiger charge is -2.22. The van der Waals surface area contributed by atoms with E-state index in [1.165, 1.54) is 14.0 Å². The number of carbonyl (C=O) groups is 4. The van der Waals surface area contributed by atoms with E-state index in [9.17, 15) is 19.2 Å². The summed E-state index contributed by atoms with van der Waals surface area (Å²) >= 11 is 0. The Bertz CT molecular complexity index is 752. The number of benzene rings is 1. The summed E-state index contributed by atoms with van der Waals surface area (Å²) in [5, 5.41) is 2.78. The van der Waals surface area contributed by atoms with Gasteiger partial charge in [0.1, 0.15) is 19.0 Å². The highest BCUT2D eigenvalue weighted by atomic mass is 16.6. The highest BCUT2D eigenvalue weighted by Gasteiger charge is 2.45. The first-order valence-corrected chi connectivity index (χ1v) is 11.1. The minimum atomic E-state index is -0.601. The number of amides is 1. The average Bonchev–Trinajstić information content (AvgIpc) is 3.09. The highest BCUT2D eigenvalue weighted by molar-refractivity contribution is 5.70. The van der Waals surface area contributed by atoms with Crippen LogP contribution in [0.2, 0.25) is 0 Å². The second kappa shape index (κ2) is 13.5. The topological polar surface area (TPSA) is 108 Å². The molecule has 1 saturated carbocycles. The predicted octanol–water partition coefficient (Wildman–Crippen LogP) is 3.56. The fourth-order valence-corrected chi connectivity index (χ4v) is 4.23. The van der Waals surface area contributed by atoms with Gasteiger partial charge in [0.2, 0.25) is 0 Å². The van der Waals surface area contributed by atoms with Crippen molar-refractivity contribution < 1.29 is 33.4 Å². The summed E-state index contributed by atoms with van der Waals surface area (Å²) in [5.74, 6) is -1.25. The van der Waals surface area contributed by atoms with Crippen molar-refractivity contribution in [3.8, 4) is 0 Å². The van der Waals surface area contributed by atoms with Crippen LogP contribution in [0.5, 0.6) is 0 Å². The fraction of sp³-hybridized carbons (Fsp3) is 0.583. The van der Waals surface area contributed by atoms with Crippen molar-refractivity contribution in [1.29, 1.82) is 0 Å². The van der Waals surface area contributed by atoms with Crippen molar-refractivity contribution in [2.45, 2.75) is 70.6 Å². The van der Waals surface area contributed by atoms with Crippen LogP contribution >= 0.6 is 0 Å². The molecule has 1 aromatic rings. The van der Waals surface area contributed by atoms with E-state index in [0.717, 1.165) is 37.5 Å². The SMILES string of the molecule is COC(=O)CCCCCC[C@H]1[C@@H](OC(C)=O)CC(NC(=O)OCc2ccccc2)[C@@H]1C=O. The Hall–Kier alpha value is -2.90. The normalized spacial score (nSPS) is 22.1. The van der Waals surface area contributed by atoms with Gasteiger partial charge in [-0.25, -0.2) is 4.79 Å². The molecule has 8 nitrogen and oxygen atoms in total. The molecule has 1 amide bonds. The van der Waals surface area contributed by atoms with Crippen LogP contribution in [-0.2, 0) is 35.2 Å². The number of ether oxygens (including phenoxy) is 3. The van der Waals surface area contributed by atoms with E-state index in [0.29, 0.717) is 19.3 Å². The number of nitrogens with one attached hydrogen (secondary N) is 1. The van der Waals surface area contributed by atoms with Crippen LogP contribution in [0, 0.1) is 11.8 Å². The zero-order valence-electron chi connectivity index (χ0n) is 18.8. The van der Waals surface area contributed by atoms with E-state index in [1.54, 1.807) is 0 Å². The molecule has 0 saturated heterocycles. The Morgan fingerprint density at radius 3 is 2.47 bits per heavy atom. The molecule has 4 atom stereocenters. The Labute approximate surface area is 189 Å². The number of alkyl carbamates (subject to hydrolysis) is 1. The number of rotatable bonds is 12. The second-order valence-electron chi connectivity index (χ2n) is 8.10. The maximum absolute atomic E-state index is 12.3. The first-order valence-electron chi connectivity index (χ1n) is 11.1. The summed E-state index contributed by atoms with van der Waals surface area (Å²) in [6.07, 6.45) is 4.61. The van der Waals surface area contributed by atoms with Crippen LogP contribution in [0.25, 0.3) is 0 Å². The lowest BCUT2D eigenvalue weighted by Crippen LogP contribution is -2.39. The molecular formula is C24H33NO7. The lowest BCUT2D eigenvalue weighted by atomic mass is 9.89. The largest absolute Gasteiger partial charge is 0.469 e. The van der Waals surface area contributed by atoms with Crippen LogP contribution in [0.1, 0.15) is 57.4 Å². The van der Waals surface area contributed by atoms with Crippen molar-refractivity contribution >= 4 is 24.3 Å². The van der Waals surface area contributed by atoms with Crippen molar-refractivity contribution in [2.75, 3.05) is 7.11 Å². The van der Waals surface area contributed by atoms with E-state index in [-0.39, 0.29) is 18.5 Å². The van der Waals surface area contributed by atoms with Gasteiger partial charge in [-0.3, -0.25) is 9.59 Å². The van der Waals surface area contributed by atoms with Gasteiger partial charge < -0.3 is 24.3 Å². The third-order valence-electron chi connectivity index (χ3n) is 5.81. The lowest BCUT2D eigenvalue weighted by molar-refractivity contribution is -0.149. The van der Waals surface area contributed by atoms with Gasteiger partial charge in [-0.15, -0.1) is 0 Å². The number of unbranched alkanes of at least 4 members (excludes halogenated alkanes) is 3. The summed E-state index contributed by atoms with van der Waals surface area (Å²) in [5.41, 5.74) is 0.865. The van der Waals surface area contributed by atoms with Crippen LogP contribution in [-0.4, -0.2) is 43.6 Å². The minimum Gasteiger partial charge on any atom is -0.469 e. The molecule has 1 aliphatic rings. The van der Waals surface area contributed by atoms with Crippen molar-refractivity contribution in [3.63, 3.8) is 0 Å². The Morgan fingerprint density at radius 2 is 1.81 bits per heavy atom. The highest BCUT2D eigenvalue weighted by Crippen LogP contribution is 2.37. The summed E-state index contributed by atoms with van der Waals surface area (Å²) in [4.78, 5) is 46.9. The molecule has 8 heteroatoms. The quantitative estimate of drug-likeness (QED) is 0.226. The summed E-state index contributed by atoms with van der Waals surface area (Å²) in [6, 6.07) is 8.86. The van der Waals surface area contributed by atoms with Gasteiger partial charge in [0.25, 0.3) is 0 Å². The molecule has 1 aromatic carbocycles. The van der Waals surface area contributed by atoms with Crippen molar-refractivity contribution in [3.05, 3.63) is 35.9 Å². The molecule has 0 aliphatic heterocycles. The first-order chi connectivity index (χ1) is 15.4. The molecule has 32 heavy (non-hydrogen) atoms. The zero-order chi connectivity index (χ0) is 23.3. The molecule has 0 aromatic heterocycles. The van der Waals surface area contributed by atoms with Gasteiger partial charge in [0.05, 0.1) is 7.11 Å². The molecule has 0 spiro atoms. The van der Waals surface area contributed by atoms with Gasteiger partial charge in [0.15, 0.2) is 0 Å². The van der Waals surface area contributed by atoms with Crippen molar-refractivity contribution in [1.82, 2.24) is 5.32 Å². The summed E-state index contributed by atoms with van der Waals surface area (Å²) in [6.45, 7) is 1.47. The smallest absolute Gasteiger partial charge is 0.407 e. The van der Waals surface area contributed by atoms with E-state index in [2.05, 4.69) is 10.1 Å². The van der Waals surface area contributed by atoms with Gasteiger partial charge in [-0.1, -0.05) is 49.6 Å². The Balaban J connectivity index is 1.87. The van der Waals surface area contributed by atoms with E-state index >= 15 is 0 Å². The molecule has 1 N–H and O–H groups in total. The van der Waals surface area contributed by atoms with E-state index in [1.807, 2.05) is 30.3 Å². The average molecular weight is 448 g/mol. The molecule has 0 radical (unpaired) electrons. The van der Waals surface area contributed by atoms with Gasteiger partial charge in [-0.05, 0) is 18.4 Å². The number of carbonyl (C=O) groups excluding carboxylic acids is 4. The Morgan fingerprint density at radius 1 is 1.09 bits per heavy atom. The second-order valence-corrected chi connectivity index (χ2v) is 8.10. The molecule has 0 bridgehead atoms. The monoisotopic (exact) mass is 447 g/mol. The summed E-state index contributed by atoms with van der Waals surface area (Å²) < 4.78 is 15.4. The number of methoxy groups -OCH3 is 1. The fourth-order valence-electron chi connectivity index (χ4n) is 4.23. The van der Waals surface area contributed by atoms with Gasteiger partial charge in [0, 0.05) is 37.6 Å². The molecular weight excluding hydrogens is 414 g/mol. The predicted molar refractivity (Wildman–Crippen MR) is 116 cm³/mol. The van der Waals surface area contributed by atoms with Gasteiger partial charge >= 0.3 is 18.0 Å². The van der Waals surface area contributed by atoms with Crippen molar-refractivity contribution in [2.24, 2.45) is 11.8 Å². The molecule has 1 aliphatic carbocycles. The standard InChI is InChI=1S/C24H33NO7/c1-17(27)32-22-14-21(25-24(29)31-16-18-10-6-5-7-11-18)20(15-26)19(22)12-8-3-4-9-13-23(28)30-2/h5-7,10-11,15,19-22H,3-4,8-9,12-14,16H2,1-2H3,(H,25,29)/t19-,20-,21?,22+/m1/s1. The molecule has 176 valence electrons. The molecule has 2 rings (SSSR count).